The zero-order valence-corrected chi connectivity index (χ0v) is 8.96. The van der Waals surface area contributed by atoms with Crippen molar-refractivity contribution in [2.45, 2.75) is 51.1 Å². The van der Waals surface area contributed by atoms with Gasteiger partial charge in [0.05, 0.1) is 6.04 Å². The first kappa shape index (κ1) is 9.97. The third kappa shape index (κ3) is 2.08. The molecule has 0 unspecified atom stereocenters. The molecule has 2 heterocycles. The minimum atomic E-state index is 0.108. The lowest BCUT2D eigenvalue weighted by molar-refractivity contribution is -0.133. The van der Waals surface area contributed by atoms with E-state index in [1.54, 1.807) is 0 Å². The number of hydrogen-bond acceptors (Lipinski definition) is 2. The molecule has 2 aliphatic heterocycles. The highest BCUT2D eigenvalue weighted by atomic mass is 16.2. The average molecular weight is 196 g/mol. The molecule has 14 heavy (non-hydrogen) atoms. The van der Waals surface area contributed by atoms with Gasteiger partial charge in [-0.25, -0.2) is 0 Å². The highest BCUT2D eigenvalue weighted by molar-refractivity contribution is 5.82. The van der Waals surface area contributed by atoms with Crippen molar-refractivity contribution in [3.05, 3.63) is 0 Å². The van der Waals surface area contributed by atoms with Gasteiger partial charge in [0.2, 0.25) is 5.91 Å². The summed E-state index contributed by atoms with van der Waals surface area (Å²) in [5.41, 5.74) is 0. The minimum absolute atomic E-state index is 0.108. The fourth-order valence-electron chi connectivity index (χ4n) is 2.49. The van der Waals surface area contributed by atoms with Crippen LogP contribution < -0.4 is 5.32 Å². The van der Waals surface area contributed by atoms with Crippen LogP contribution in [0.5, 0.6) is 0 Å². The van der Waals surface area contributed by atoms with E-state index in [1.807, 2.05) is 4.90 Å². The predicted octanol–water partition coefficient (Wildman–Crippen LogP) is 1.14. The molecule has 2 rings (SSSR count). The molecule has 3 nitrogen and oxygen atoms in total. The standard InChI is InChI=1S/C11H20N2O/c1-9-5-4-6-10(12-9)11(14)13-7-2-3-8-13/h9-10,12H,2-8H2,1H3/t9-,10-/m1/s1. The summed E-state index contributed by atoms with van der Waals surface area (Å²) in [5, 5.41) is 3.40. The van der Waals surface area contributed by atoms with Crippen LogP contribution in [-0.2, 0) is 4.79 Å². The fourth-order valence-corrected chi connectivity index (χ4v) is 2.49. The molecule has 2 fully saturated rings. The Morgan fingerprint density at radius 3 is 2.57 bits per heavy atom. The van der Waals surface area contributed by atoms with Gasteiger partial charge in [-0.1, -0.05) is 0 Å². The van der Waals surface area contributed by atoms with Crippen molar-refractivity contribution < 1.29 is 4.79 Å². The molecule has 2 saturated heterocycles. The average Bonchev–Trinajstić information content (AvgIpc) is 2.69. The highest BCUT2D eigenvalue weighted by Crippen LogP contribution is 2.16. The minimum Gasteiger partial charge on any atom is -0.341 e. The summed E-state index contributed by atoms with van der Waals surface area (Å²) in [5.74, 6) is 0.342. The quantitative estimate of drug-likeness (QED) is 0.682. The number of piperidine rings is 1. The van der Waals surface area contributed by atoms with Gasteiger partial charge in [-0.05, 0) is 39.0 Å². The lowest BCUT2D eigenvalue weighted by atomic mass is 9.99. The first-order valence-electron chi connectivity index (χ1n) is 5.82. The van der Waals surface area contributed by atoms with Crippen LogP contribution in [0, 0.1) is 0 Å². The van der Waals surface area contributed by atoms with E-state index >= 15 is 0 Å². The summed E-state index contributed by atoms with van der Waals surface area (Å²) in [6.07, 6.45) is 5.81. The zero-order chi connectivity index (χ0) is 9.97. The SMILES string of the molecule is C[C@@H]1CCC[C@H](C(=O)N2CCCC2)N1. The second kappa shape index (κ2) is 4.30. The van der Waals surface area contributed by atoms with Crippen molar-refractivity contribution >= 4 is 5.91 Å². The lowest BCUT2D eigenvalue weighted by Gasteiger charge is -2.30. The number of nitrogens with one attached hydrogen (secondary N) is 1. The van der Waals surface area contributed by atoms with E-state index in [4.69, 9.17) is 0 Å². The Morgan fingerprint density at radius 1 is 1.21 bits per heavy atom. The summed E-state index contributed by atoms with van der Waals surface area (Å²) in [4.78, 5) is 14.0. The molecule has 2 aliphatic rings. The Labute approximate surface area is 85.8 Å². The predicted molar refractivity (Wildman–Crippen MR) is 56.1 cm³/mol. The molecule has 0 aromatic carbocycles. The number of carbonyl (C=O) groups excluding carboxylic acids is 1. The smallest absolute Gasteiger partial charge is 0.239 e. The summed E-state index contributed by atoms with van der Waals surface area (Å²) in [7, 11) is 0. The molecule has 0 bridgehead atoms. The highest BCUT2D eigenvalue weighted by Gasteiger charge is 2.29. The second-order valence-corrected chi connectivity index (χ2v) is 4.58. The van der Waals surface area contributed by atoms with Crippen LogP contribution in [0.25, 0.3) is 0 Å². The van der Waals surface area contributed by atoms with Crippen LogP contribution in [0.2, 0.25) is 0 Å². The number of hydrogen-bond donors (Lipinski definition) is 1. The molecule has 2 atom stereocenters. The van der Waals surface area contributed by atoms with E-state index in [0.29, 0.717) is 11.9 Å². The maximum absolute atomic E-state index is 12.0. The summed E-state index contributed by atoms with van der Waals surface area (Å²) in [6.45, 7) is 4.13. The maximum Gasteiger partial charge on any atom is 0.239 e. The van der Waals surface area contributed by atoms with Gasteiger partial charge in [-0.3, -0.25) is 4.79 Å². The van der Waals surface area contributed by atoms with Gasteiger partial charge in [0.15, 0.2) is 0 Å². The largest absolute Gasteiger partial charge is 0.341 e. The van der Waals surface area contributed by atoms with Gasteiger partial charge in [-0.15, -0.1) is 0 Å². The maximum atomic E-state index is 12.0. The van der Waals surface area contributed by atoms with E-state index in [2.05, 4.69) is 12.2 Å². The molecule has 1 amide bonds. The van der Waals surface area contributed by atoms with Crippen LogP contribution in [0.15, 0.2) is 0 Å². The zero-order valence-electron chi connectivity index (χ0n) is 8.96. The molecule has 0 aromatic rings. The Kier molecular flexibility index (Phi) is 3.06. The topological polar surface area (TPSA) is 32.3 Å². The Bertz CT molecular complexity index is 211. The van der Waals surface area contributed by atoms with Crippen LogP contribution in [-0.4, -0.2) is 36.0 Å². The summed E-state index contributed by atoms with van der Waals surface area (Å²) >= 11 is 0. The van der Waals surface area contributed by atoms with E-state index in [-0.39, 0.29) is 6.04 Å². The Morgan fingerprint density at radius 2 is 1.93 bits per heavy atom. The Hall–Kier alpha value is -0.570. The van der Waals surface area contributed by atoms with E-state index in [1.165, 1.54) is 25.7 Å². The molecular formula is C11H20N2O. The lowest BCUT2D eigenvalue weighted by Crippen LogP contribution is -2.50. The molecule has 80 valence electrons. The monoisotopic (exact) mass is 196 g/mol. The van der Waals surface area contributed by atoms with Crippen molar-refractivity contribution in [3.8, 4) is 0 Å². The van der Waals surface area contributed by atoms with Gasteiger partial charge in [0.1, 0.15) is 0 Å². The van der Waals surface area contributed by atoms with Crippen molar-refractivity contribution in [3.63, 3.8) is 0 Å². The van der Waals surface area contributed by atoms with Crippen LogP contribution >= 0.6 is 0 Å². The molecule has 0 saturated carbocycles. The normalized spacial score (nSPS) is 33.4. The number of carbonyl (C=O) groups is 1. The molecule has 3 heteroatoms. The summed E-state index contributed by atoms with van der Waals surface area (Å²) in [6, 6.07) is 0.622. The van der Waals surface area contributed by atoms with Crippen molar-refractivity contribution in [1.82, 2.24) is 10.2 Å². The van der Waals surface area contributed by atoms with Gasteiger partial charge >= 0.3 is 0 Å². The number of nitrogens with zero attached hydrogens (tertiary/aromatic N) is 1. The number of likely N-dealkylation sites (tertiary alicyclic amines) is 1. The van der Waals surface area contributed by atoms with E-state index < -0.39 is 0 Å². The molecule has 0 spiro atoms. The van der Waals surface area contributed by atoms with Crippen molar-refractivity contribution in [2.75, 3.05) is 13.1 Å². The second-order valence-electron chi connectivity index (χ2n) is 4.58. The molecule has 0 radical (unpaired) electrons. The molecule has 1 N–H and O–H groups in total. The van der Waals surface area contributed by atoms with E-state index in [0.717, 1.165) is 19.5 Å². The van der Waals surface area contributed by atoms with Gasteiger partial charge in [-0.2, -0.15) is 0 Å². The third-order valence-electron chi connectivity index (χ3n) is 3.33. The van der Waals surface area contributed by atoms with Crippen LogP contribution in [0.1, 0.15) is 39.0 Å². The van der Waals surface area contributed by atoms with Gasteiger partial charge < -0.3 is 10.2 Å². The van der Waals surface area contributed by atoms with Crippen LogP contribution in [0.4, 0.5) is 0 Å². The Balaban J connectivity index is 1.89. The van der Waals surface area contributed by atoms with Crippen molar-refractivity contribution in [2.24, 2.45) is 0 Å². The molecule has 0 aliphatic carbocycles. The fraction of sp³-hybridized carbons (Fsp3) is 0.909. The summed E-state index contributed by atoms with van der Waals surface area (Å²) < 4.78 is 0. The van der Waals surface area contributed by atoms with Crippen LogP contribution in [0.3, 0.4) is 0 Å². The molecular weight excluding hydrogens is 176 g/mol. The van der Waals surface area contributed by atoms with Crippen molar-refractivity contribution in [1.29, 1.82) is 0 Å². The van der Waals surface area contributed by atoms with Gasteiger partial charge in [0.25, 0.3) is 0 Å². The van der Waals surface area contributed by atoms with E-state index in [9.17, 15) is 4.79 Å². The first-order chi connectivity index (χ1) is 6.77. The number of rotatable bonds is 1. The first-order valence-corrected chi connectivity index (χ1v) is 5.82. The number of amides is 1. The third-order valence-corrected chi connectivity index (χ3v) is 3.33. The van der Waals surface area contributed by atoms with Gasteiger partial charge in [0, 0.05) is 19.1 Å². The molecule has 0 aromatic heterocycles.